The van der Waals surface area contributed by atoms with Gasteiger partial charge in [0.15, 0.2) is 5.16 Å². The summed E-state index contributed by atoms with van der Waals surface area (Å²) in [4.78, 5) is 17.3. The number of hydrogen-bond acceptors (Lipinski definition) is 5. The van der Waals surface area contributed by atoms with Crippen molar-refractivity contribution in [2.45, 2.75) is 58.3 Å². The van der Waals surface area contributed by atoms with Crippen LogP contribution in [0, 0.1) is 39.0 Å². The van der Waals surface area contributed by atoms with Crippen molar-refractivity contribution >= 4 is 23.5 Å². The lowest BCUT2D eigenvalue weighted by Gasteiger charge is -2.17. The molecule has 7 nitrogen and oxygen atoms in total. The Morgan fingerprint density at radius 1 is 1.30 bits per heavy atom. The Kier molecular flexibility index (Phi) is 6.91. The lowest BCUT2D eigenvalue weighted by atomic mass is 10.1. The number of hydrogen-bond donors (Lipinski definition) is 1. The molecule has 4 rings (SSSR count). The number of carbonyl (C=O) groups is 1. The van der Waals surface area contributed by atoms with Crippen LogP contribution in [-0.2, 0) is 16.1 Å². The zero-order valence-electron chi connectivity index (χ0n) is 19.5. The molecular weight excluding hydrogens is 434 g/mol. The van der Waals surface area contributed by atoms with E-state index in [1.54, 1.807) is 6.20 Å². The van der Waals surface area contributed by atoms with Gasteiger partial charge in [0.1, 0.15) is 11.9 Å². The highest BCUT2D eigenvalue weighted by Crippen LogP contribution is 2.29. The Morgan fingerprint density at radius 3 is 2.82 bits per heavy atom. The summed E-state index contributed by atoms with van der Waals surface area (Å²) in [6.07, 6.45) is 5.78. The van der Waals surface area contributed by atoms with Crippen LogP contribution in [0.2, 0.25) is 0 Å². The van der Waals surface area contributed by atoms with Gasteiger partial charge in [0.05, 0.1) is 24.0 Å². The van der Waals surface area contributed by atoms with Gasteiger partial charge in [-0.05, 0) is 69.4 Å². The second kappa shape index (κ2) is 9.86. The predicted octanol–water partition coefficient (Wildman–Crippen LogP) is 4.69. The number of aromatic nitrogens is 3. The third-order valence-electron chi connectivity index (χ3n) is 6.32. The molecule has 1 aromatic carbocycles. The lowest BCUT2D eigenvalue weighted by Crippen LogP contribution is -2.22. The van der Waals surface area contributed by atoms with Crippen LogP contribution in [0.25, 0.3) is 5.69 Å². The van der Waals surface area contributed by atoms with Crippen LogP contribution in [0.4, 0.5) is 5.82 Å². The predicted molar refractivity (Wildman–Crippen MR) is 130 cm³/mol. The number of nitrogens with one attached hydrogen (secondary N) is 1. The Hall–Kier alpha value is -3.02. The van der Waals surface area contributed by atoms with E-state index in [9.17, 15) is 10.1 Å². The molecule has 0 aliphatic carbocycles. The quantitative estimate of drug-likeness (QED) is 0.514. The third-order valence-corrected chi connectivity index (χ3v) is 7.28. The van der Waals surface area contributed by atoms with Crippen molar-refractivity contribution in [1.82, 2.24) is 14.1 Å². The van der Waals surface area contributed by atoms with E-state index >= 15 is 0 Å². The van der Waals surface area contributed by atoms with Crippen molar-refractivity contribution < 1.29 is 9.53 Å². The molecule has 172 valence electrons. The van der Waals surface area contributed by atoms with Crippen molar-refractivity contribution in [3.05, 3.63) is 58.5 Å². The number of nitriles is 1. The largest absolute Gasteiger partial charge is 0.376 e. The molecule has 0 unspecified atom stereocenters. The second-order valence-electron chi connectivity index (χ2n) is 8.48. The molecule has 1 aliphatic heterocycles. The van der Waals surface area contributed by atoms with Crippen molar-refractivity contribution in [2.24, 2.45) is 0 Å². The van der Waals surface area contributed by atoms with E-state index in [1.165, 1.54) is 22.9 Å². The van der Waals surface area contributed by atoms with Crippen molar-refractivity contribution in [3.8, 4) is 11.8 Å². The van der Waals surface area contributed by atoms with Crippen LogP contribution in [0.1, 0.15) is 40.8 Å². The van der Waals surface area contributed by atoms with Gasteiger partial charge in [-0.2, -0.15) is 5.26 Å². The summed E-state index contributed by atoms with van der Waals surface area (Å²) in [5.41, 5.74) is 5.84. The topological polar surface area (TPSA) is 84.9 Å². The summed E-state index contributed by atoms with van der Waals surface area (Å²) in [7, 11) is 0. The highest BCUT2D eigenvalue weighted by Gasteiger charge is 2.24. The number of carbonyl (C=O) groups excluding carboxylic acids is 1. The van der Waals surface area contributed by atoms with Crippen molar-refractivity contribution in [1.29, 1.82) is 5.26 Å². The van der Waals surface area contributed by atoms with Crippen LogP contribution >= 0.6 is 11.8 Å². The number of thioether (sulfide) groups is 1. The van der Waals surface area contributed by atoms with Gasteiger partial charge >= 0.3 is 0 Å². The van der Waals surface area contributed by atoms with Gasteiger partial charge in [-0.15, -0.1) is 0 Å². The maximum atomic E-state index is 12.9. The molecule has 0 radical (unpaired) electrons. The zero-order valence-corrected chi connectivity index (χ0v) is 20.3. The summed E-state index contributed by atoms with van der Waals surface area (Å²) in [6.45, 7) is 9.47. The maximum Gasteiger partial charge on any atom is 0.235 e. The van der Waals surface area contributed by atoms with E-state index in [4.69, 9.17) is 4.74 Å². The third kappa shape index (κ3) is 4.85. The summed E-state index contributed by atoms with van der Waals surface area (Å²) in [5.74, 6) is 0.582. The normalized spacial score (nSPS) is 15.5. The van der Waals surface area contributed by atoms with Gasteiger partial charge < -0.3 is 14.6 Å². The molecule has 1 aliphatic rings. The SMILES string of the molecule is Cc1ccc(-n2ccnc2SCC(=O)Nc2c(C#N)c(C)c(C)n2C[C@@H]2CCCO2)cc1C. The molecule has 1 amide bonds. The molecular formula is C25H29N5O2S. The summed E-state index contributed by atoms with van der Waals surface area (Å²) < 4.78 is 9.79. The van der Waals surface area contributed by atoms with Crippen molar-refractivity contribution in [3.63, 3.8) is 0 Å². The Morgan fingerprint density at radius 2 is 2.12 bits per heavy atom. The molecule has 0 bridgehead atoms. The van der Waals surface area contributed by atoms with Gasteiger partial charge in [-0.1, -0.05) is 17.8 Å². The van der Waals surface area contributed by atoms with Crippen LogP contribution in [0.3, 0.4) is 0 Å². The molecule has 2 aromatic heterocycles. The van der Waals surface area contributed by atoms with E-state index in [-0.39, 0.29) is 17.8 Å². The van der Waals surface area contributed by atoms with Crippen LogP contribution in [0.5, 0.6) is 0 Å². The standard InChI is InChI=1S/C25H29N5O2S/c1-16-7-8-20(12-17(16)2)29-10-9-27-25(29)33-15-23(31)28-24-22(13-26)18(3)19(4)30(24)14-21-6-5-11-32-21/h7-10,12,21H,5-6,11,14-15H2,1-4H3,(H,28,31)/t21-/m0/s1. The molecule has 0 saturated carbocycles. The average Bonchev–Trinajstić information content (AvgIpc) is 3.53. The fraction of sp³-hybridized carbons (Fsp3) is 0.400. The Bertz CT molecular complexity index is 1210. The number of anilines is 1. The molecule has 1 saturated heterocycles. The minimum Gasteiger partial charge on any atom is -0.376 e. The number of rotatable bonds is 7. The molecule has 1 N–H and O–H groups in total. The molecule has 33 heavy (non-hydrogen) atoms. The fourth-order valence-corrected chi connectivity index (χ4v) is 4.89. The number of amides is 1. The summed E-state index contributed by atoms with van der Waals surface area (Å²) in [5, 5.41) is 13.5. The summed E-state index contributed by atoms with van der Waals surface area (Å²) >= 11 is 1.37. The highest BCUT2D eigenvalue weighted by atomic mass is 32.2. The molecule has 3 aromatic rings. The maximum absolute atomic E-state index is 12.9. The number of ether oxygens (including phenoxy) is 1. The molecule has 0 spiro atoms. The van der Waals surface area contributed by atoms with E-state index in [0.717, 1.165) is 41.5 Å². The van der Waals surface area contributed by atoms with Crippen LogP contribution in [0.15, 0.2) is 35.7 Å². The fourth-order valence-electron chi connectivity index (χ4n) is 4.12. The van der Waals surface area contributed by atoms with Crippen LogP contribution < -0.4 is 5.32 Å². The molecule has 8 heteroatoms. The Labute approximate surface area is 198 Å². The van der Waals surface area contributed by atoms with Gasteiger partial charge in [-0.3, -0.25) is 9.36 Å². The van der Waals surface area contributed by atoms with Crippen LogP contribution in [-0.4, -0.2) is 38.5 Å². The van der Waals surface area contributed by atoms with Gasteiger partial charge in [0, 0.05) is 30.4 Å². The van der Waals surface area contributed by atoms with Gasteiger partial charge in [0.2, 0.25) is 5.91 Å². The van der Waals surface area contributed by atoms with E-state index < -0.39 is 0 Å². The molecule has 1 atom stereocenters. The number of aryl methyl sites for hydroxylation is 2. The highest BCUT2D eigenvalue weighted by molar-refractivity contribution is 7.99. The summed E-state index contributed by atoms with van der Waals surface area (Å²) in [6, 6.07) is 8.52. The van der Waals surface area contributed by atoms with E-state index in [1.807, 2.05) is 29.2 Å². The number of benzene rings is 1. The average molecular weight is 464 g/mol. The second-order valence-corrected chi connectivity index (χ2v) is 9.42. The minimum absolute atomic E-state index is 0.109. The first-order valence-corrected chi connectivity index (χ1v) is 12.1. The minimum atomic E-state index is -0.169. The van der Waals surface area contributed by atoms with E-state index in [2.05, 4.69) is 48.4 Å². The zero-order chi connectivity index (χ0) is 23.5. The Balaban J connectivity index is 1.49. The number of imidazole rings is 1. The van der Waals surface area contributed by atoms with Crippen molar-refractivity contribution in [2.75, 3.05) is 17.7 Å². The smallest absolute Gasteiger partial charge is 0.235 e. The molecule has 3 heterocycles. The first-order chi connectivity index (χ1) is 15.9. The lowest BCUT2D eigenvalue weighted by molar-refractivity contribution is -0.113. The first-order valence-electron chi connectivity index (χ1n) is 11.1. The van der Waals surface area contributed by atoms with Gasteiger partial charge in [-0.25, -0.2) is 4.98 Å². The van der Waals surface area contributed by atoms with Gasteiger partial charge in [0.25, 0.3) is 0 Å². The first kappa shape index (κ1) is 23.1. The monoisotopic (exact) mass is 463 g/mol. The molecule has 1 fully saturated rings. The number of nitrogens with zero attached hydrogens (tertiary/aromatic N) is 4. The van der Waals surface area contributed by atoms with E-state index in [0.29, 0.717) is 17.9 Å².